The van der Waals surface area contributed by atoms with Crippen molar-refractivity contribution >= 4 is 0 Å². The van der Waals surface area contributed by atoms with E-state index in [1.54, 1.807) is 0 Å². The van der Waals surface area contributed by atoms with Gasteiger partial charge in [0, 0.05) is 26.1 Å². The summed E-state index contributed by atoms with van der Waals surface area (Å²) in [6.07, 6.45) is 12.8. The van der Waals surface area contributed by atoms with Crippen LogP contribution < -0.4 is 0 Å². The van der Waals surface area contributed by atoms with Crippen LogP contribution in [-0.4, -0.2) is 36.0 Å². The summed E-state index contributed by atoms with van der Waals surface area (Å²) in [5, 5.41) is 0. The SMILES string of the molecule is CCCCC#CCN(CCCC)/C(=C\C=C(C)C)N(CCC)CCC. The highest BCUT2D eigenvalue weighted by Gasteiger charge is 2.14. The Kier molecular flexibility index (Phi) is 15.2. The molecule has 0 unspecified atom stereocenters. The van der Waals surface area contributed by atoms with E-state index in [1.165, 1.54) is 49.9 Å². The molecular formula is C23H42N2. The van der Waals surface area contributed by atoms with Crippen molar-refractivity contribution in [1.82, 2.24) is 9.80 Å². The molecule has 0 spiro atoms. The molecule has 0 bridgehead atoms. The van der Waals surface area contributed by atoms with Crippen LogP contribution in [0.4, 0.5) is 0 Å². The van der Waals surface area contributed by atoms with Crippen molar-refractivity contribution in [2.45, 2.75) is 86.5 Å². The second kappa shape index (κ2) is 16.1. The Labute approximate surface area is 158 Å². The Morgan fingerprint density at radius 3 is 1.88 bits per heavy atom. The van der Waals surface area contributed by atoms with Gasteiger partial charge >= 0.3 is 0 Å². The topological polar surface area (TPSA) is 6.48 Å². The molecule has 0 atom stereocenters. The molecule has 144 valence electrons. The molecule has 25 heavy (non-hydrogen) atoms. The second-order valence-corrected chi connectivity index (χ2v) is 6.99. The van der Waals surface area contributed by atoms with Gasteiger partial charge in [0.1, 0.15) is 5.82 Å². The fourth-order valence-electron chi connectivity index (χ4n) is 2.66. The van der Waals surface area contributed by atoms with Crippen LogP contribution in [-0.2, 0) is 0 Å². The molecule has 0 aromatic heterocycles. The first-order chi connectivity index (χ1) is 12.1. The summed E-state index contributed by atoms with van der Waals surface area (Å²) in [6, 6.07) is 0. The minimum Gasteiger partial charge on any atom is -0.358 e. The smallest absolute Gasteiger partial charge is 0.105 e. The highest BCUT2D eigenvalue weighted by molar-refractivity contribution is 5.16. The van der Waals surface area contributed by atoms with Crippen molar-refractivity contribution in [2.24, 2.45) is 0 Å². The van der Waals surface area contributed by atoms with Crippen molar-refractivity contribution in [3.8, 4) is 11.8 Å². The van der Waals surface area contributed by atoms with Crippen LogP contribution in [0.25, 0.3) is 0 Å². The van der Waals surface area contributed by atoms with Crippen LogP contribution in [0.15, 0.2) is 23.5 Å². The zero-order valence-corrected chi connectivity index (χ0v) is 17.8. The van der Waals surface area contributed by atoms with E-state index in [9.17, 15) is 0 Å². The summed E-state index contributed by atoms with van der Waals surface area (Å²) in [7, 11) is 0. The molecule has 0 aliphatic rings. The largest absolute Gasteiger partial charge is 0.358 e. The lowest BCUT2D eigenvalue weighted by Crippen LogP contribution is -2.37. The van der Waals surface area contributed by atoms with Crippen molar-refractivity contribution in [3.05, 3.63) is 23.5 Å². The molecule has 0 saturated heterocycles. The molecule has 0 saturated carbocycles. The van der Waals surface area contributed by atoms with Crippen LogP contribution in [0.1, 0.15) is 86.5 Å². The van der Waals surface area contributed by atoms with Crippen LogP contribution in [0.3, 0.4) is 0 Å². The quantitative estimate of drug-likeness (QED) is 0.222. The number of rotatable bonds is 13. The van der Waals surface area contributed by atoms with Gasteiger partial charge in [-0.05, 0) is 45.6 Å². The van der Waals surface area contributed by atoms with E-state index in [2.05, 4.69) is 75.3 Å². The van der Waals surface area contributed by atoms with Gasteiger partial charge in [-0.15, -0.1) is 5.92 Å². The van der Waals surface area contributed by atoms with E-state index in [1.807, 2.05) is 0 Å². The minimum absolute atomic E-state index is 0.843. The molecule has 0 aliphatic heterocycles. The van der Waals surface area contributed by atoms with E-state index < -0.39 is 0 Å². The molecule has 0 aromatic rings. The first-order valence-corrected chi connectivity index (χ1v) is 10.4. The summed E-state index contributed by atoms with van der Waals surface area (Å²) in [6.45, 7) is 17.5. The van der Waals surface area contributed by atoms with Gasteiger partial charge in [-0.2, -0.15) is 0 Å². The molecule has 2 nitrogen and oxygen atoms in total. The Morgan fingerprint density at radius 1 is 0.720 bits per heavy atom. The molecule has 0 heterocycles. The predicted molar refractivity (Wildman–Crippen MR) is 113 cm³/mol. The highest BCUT2D eigenvalue weighted by Crippen LogP contribution is 2.15. The van der Waals surface area contributed by atoms with E-state index >= 15 is 0 Å². The summed E-state index contributed by atoms with van der Waals surface area (Å²) in [4.78, 5) is 5.04. The molecule has 0 aliphatic carbocycles. The zero-order chi connectivity index (χ0) is 18.9. The maximum atomic E-state index is 3.42. The third-order valence-corrected chi connectivity index (χ3v) is 4.03. The van der Waals surface area contributed by atoms with Crippen molar-refractivity contribution in [3.63, 3.8) is 0 Å². The predicted octanol–water partition coefficient (Wildman–Crippen LogP) is 6.21. The van der Waals surface area contributed by atoms with E-state index in [-0.39, 0.29) is 0 Å². The maximum absolute atomic E-state index is 3.42. The fraction of sp³-hybridized carbons (Fsp3) is 0.739. The van der Waals surface area contributed by atoms with Gasteiger partial charge in [-0.1, -0.05) is 58.1 Å². The summed E-state index contributed by atoms with van der Waals surface area (Å²) >= 11 is 0. The zero-order valence-electron chi connectivity index (χ0n) is 17.8. The van der Waals surface area contributed by atoms with Crippen molar-refractivity contribution in [2.75, 3.05) is 26.2 Å². The Bertz CT molecular complexity index is 427. The fourth-order valence-corrected chi connectivity index (χ4v) is 2.66. The first-order valence-electron chi connectivity index (χ1n) is 10.4. The number of nitrogens with zero attached hydrogens (tertiary/aromatic N) is 2. The Hall–Kier alpha value is -1.36. The van der Waals surface area contributed by atoms with Gasteiger partial charge in [0.25, 0.3) is 0 Å². The Balaban J connectivity index is 5.42. The molecule has 0 aromatic carbocycles. The average molecular weight is 347 g/mol. The monoisotopic (exact) mass is 346 g/mol. The maximum Gasteiger partial charge on any atom is 0.105 e. The number of hydrogen-bond donors (Lipinski definition) is 0. The molecule has 0 N–H and O–H groups in total. The highest BCUT2D eigenvalue weighted by atomic mass is 15.3. The van der Waals surface area contributed by atoms with Gasteiger partial charge in [0.15, 0.2) is 0 Å². The number of unbranched alkanes of at least 4 members (excludes halogenated alkanes) is 3. The normalized spacial score (nSPS) is 10.9. The summed E-state index contributed by atoms with van der Waals surface area (Å²) in [5.41, 5.74) is 1.34. The van der Waals surface area contributed by atoms with Gasteiger partial charge in [0.2, 0.25) is 0 Å². The van der Waals surface area contributed by atoms with Crippen LogP contribution in [0, 0.1) is 11.8 Å². The van der Waals surface area contributed by atoms with Gasteiger partial charge < -0.3 is 9.80 Å². The van der Waals surface area contributed by atoms with E-state index in [0.717, 1.165) is 32.6 Å². The summed E-state index contributed by atoms with van der Waals surface area (Å²) < 4.78 is 0. The van der Waals surface area contributed by atoms with Gasteiger partial charge in [0.05, 0.1) is 6.54 Å². The first kappa shape index (κ1) is 23.6. The van der Waals surface area contributed by atoms with E-state index in [4.69, 9.17) is 0 Å². The standard InChI is InChI=1S/C23H42N2/c1-7-11-13-14-15-21-25(20-12-8-2)23(17-16-22(5)6)24(18-9-3)19-10-4/h16-17H,7-13,18-21H2,1-6H3/b23-17-. The summed E-state index contributed by atoms with van der Waals surface area (Å²) in [5.74, 6) is 8.14. The van der Waals surface area contributed by atoms with Gasteiger partial charge in [-0.25, -0.2) is 0 Å². The molecule has 0 fully saturated rings. The van der Waals surface area contributed by atoms with E-state index in [0.29, 0.717) is 0 Å². The van der Waals surface area contributed by atoms with Crippen molar-refractivity contribution in [1.29, 1.82) is 0 Å². The number of hydrogen-bond acceptors (Lipinski definition) is 2. The molecular weight excluding hydrogens is 304 g/mol. The lowest BCUT2D eigenvalue weighted by Gasteiger charge is -2.35. The molecule has 0 rings (SSSR count). The van der Waals surface area contributed by atoms with Crippen LogP contribution in [0.2, 0.25) is 0 Å². The average Bonchev–Trinajstić information content (AvgIpc) is 2.58. The minimum atomic E-state index is 0.843. The third-order valence-electron chi connectivity index (χ3n) is 4.03. The van der Waals surface area contributed by atoms with Crippen molar-refractivity contribution < 1.29 is 0 Å². The molecule has 2 heteroatoms. The molecule has 0 radical (unpaired) electrons. The van der Waals surface area contributed by atoms with Gasteiger partial charge in [-0.3, -0.25) is 0 Å². The third kappa shape index (κ3) is 11.8. The second-order valence-electron chi connectivity index (χ2n) is 6.99. The lowest BCUT2D eigenvalue weighted by atomic mass is 10.2. The van der Waals surface area contributed by atoms with Crippen LogP contribution in [0.5, 0.6) is 0 Å². The Morgan fingerprint density at radius 2 is 1.36 bits per heavy atom. The molecule has 0 amide bonds. The van der Waals surface area contributed by atoms with Crippen LogP contribution >= 0.6 is 0 Å². The number of allylic oxidation sites excluding steroid dienone is 3. The lowest BCUT2D eigenvalue weighted by molar-refractivity contribution is 0.220.